The zero-order valence-electron chi connectivity index (χ0n) is 12.0. The van der Waals surface area contributed by atoms with Gasteiger partial charge in [0.05, 0.1) is 18.1 Å². The van der Waals surface area contributed by atoms with Crippen molar-refractivity contribution in [3.63, 3.8) is 0 Å². The number of aliphatic hydroxyl groups is 1. The van der Waals surface area contributed by atoms with E-state index in [9.17, 15) is 9.90 Å². The molecule has 0 aliphatic carbocycles. The fraction of sp³-hybridized carbons (Fsp3) is 0.429. The maximum atomic E-state index is 11.3. The lowest BCUT2D eigenvalue weighted by Crippen LogP contribution is -2.13. The van der Waals surface area contributed by atoms with Gasteiger partial charge in [0.2, 0.25) is 0 Å². The van der Waals surface area contributed by atoms with Crippen molar-refractivity contribution in [1.82, 2.24) is 9.55 Å². The molecular formula is C14H20N2O3. The number of aliphatic hydroxyl groups excluding tert-OH is 1. The van der Waals surface area contributed by atoms with Crippen LogP contribution in [0.1, 0.15) is 31.3 Å². The van der Waals surface area contributed by atoms with Crippen LogP contribution in [0.2, 0.25) is 0 Å². The maximum absolute atomic E-state index is 11.3. The van der Waals surface area contributed by atoms with Gasteiger partial charge in [-0.1, -0.05) is 26.0 Å². The SMILES string of the molecule is CC.COC(=O)C(O)c1cccc2c1nc(C)n2C. The number of ether oxygens (including phenoxy) is 1. The van der Waals surface area contributed by atoms with Gasteiger partial charge in [0.1, 0.15) is 5.82 Å². The van der Waals surface area contributed by atoms with Gasteiger partial charge in [-0.3, -0.25) is 0 Å². The molecule has 5 nitrogen and oxygen atoms in total. The third kappa shape index (κ3) is 2.76. The summed E-state index contributed by atoms with van der Waals surface area (Å²) in [6, 6.07) is 5.35. The largest absolute Gasteiger partial charge is 0.467 e. The van der Waals surface area contributed by atoms with Gasteiger partial charge in [0, 0.05) is 12.6 Å². The predicted molar refractivity (Wildman–Crippen MR) is 73.8 cm³/mol. The van der Waals surface area contributed by atoms with Crippen molar-refractivity contribution in [3.8, 4) is 0 Å². The first-order valence-electron chi connectivity index (χ1n) is 6.24. The summed E-state index contributed by atoms with van der Waals surface area (Å²) in [5.74, 6) is 0.144. The molecule has 2 aromatic rings. The number of carbonyl (C=O) groups is 1. The topological polar surface area (TPSA) is 64.3 Å². The van der Waals surface area contributed by atoms with Crippen molar-refractivity contribution >= 4 is 17.0 Å². The summed E-state index contributed by atoms with van der Waals surface area (Å²) < 4.78 is 6.43. The molecule has 0 spiro atoms. The van der Waals surface area contributed by atoms with Gasteiger partial charge in [0.25, 0.3) is 0 Å². The Morgan fingerprint density at radius 2 is 2.05 bits per heavy atom. The lowest BCUT2D eigenvalue weighted by molar-refractivity contribution is -0.150. The molecule has 104 valence electrons. The molecule has 5 heteroatoms. The van der Waals surface area contributed by atoms with Crippen LogP contribution in [-0.2, 0) is 16.6 Å². The molecule has 1 heterocycles. The summed E-state index contributed by atoms with van der Waals surface area (Å²) in [7, 11) is 3.13. The maximum Gasteiger partial charge on any atom is 0.339 e. The second kappa shape index (κ2) is 6.33. The number of para-hydroxylation sites is 1. The minimum absolute atomic E-state index is 0.470. The second-order valence-electron chi connectivity index (χ2n) is 3.86. The number of hydrogen-bond donors (Lipinski definition) is 1. The van der Waals surface area contributed by atoms with Crippen LogP contribution in [0.4, 0.5) is 0 Å². The van der Waals surface area contributed by atoms with Gasteiger partial charge in [-0.05, 0) is 13.0 Å². The molecular weight excluding hydrogens is 244 g/mol. The van der Waals surface area contributed by atoms with Crippen LogP contribution in [0.3, 0.4) is 0 Å². The first-order chi connectivity index (χ1) is 9.06. The van der Waals surface area contributed by atoms with E-state index in [0.717, 1.165) is 11.3 Å². The molecule has 0 saturated heterocycles. The molecule has 0 aliphatic rings. The van der Waals surface area contributed by atoms with Crippen LogP contribution >= 0.6 is 0 Å². The van der Waals surface area contributed by atoms with E-state index in [1.54, 1.807) is 12.1 Å². The first-order valence-corrected chi connectivity index (χ1v) is 6.24. The molecule has 1 N–H and O–H groups in total. The van der Waals surface area contributed by atoms with Crippen molar-refractivity contribution < 1.29 is 14.6 Å². The van der Waals surface area contributed by atoms with Crippen LogP contribution in [0.15, 0.2) is 18.2 Å². The highest BCUT2D eigenvalue weighted by Gasteiger charge is 2.22. The number of aryl methyl sites for hydroxylation is 2. The molecule has 1 atom stereocenters. The Morgan fingerprint density at radius 3 is 2.63 bits per heavy atom. The van der Waals surface area contributed by atoms with E-state index >= 15 is 0 Å². The van der Waals surface area contributed by atoms with Crippen molar-refractivity contribution in [2.75, 3.05) is 7.11 Å². The third-order valence-corrected chi connectivity index (χ3v) is 2.89. The Labute approximate surface area is 112 Å². The van der Waals surface area contributed by atoms with Gasteiger partial charge in [-0.25, -0.2) is 9.78 Å². The number of aromatic nitrogens is 2. The zero-order chi connectivity index (χ0) is 14.6. The molecule has 0 radical (unpaired) electrons. The molecule has 19 heavy (non-hydrogen) atoms. The summed E-state index contributed by atoms with van der Waals surface area (Å²) in [5, 5.41) is 9.86. The van der Waals surface area contributed by atoms with E-state index in [2.05, 4.69) is 9.72 Å². The Kier molecular flexibility index (Phi) is 5.06. The van der Waals surface area contributed by atoms with Crippen molar-refractivity contribution in [3.05, 3.63) is 29.6 Å². The summed E-state index contributed by atoms with van der Waals surface area (Å²) in [6.07, 6.45) is -1.29. The lowest BCUT2D eigenvalue weighted by atomic mass is 10.1. The van der Waals surface area contributed by atoms with Gasteiger partial charge in [-0.15, -0.1) is 0 Å². The summed E-state index contributed by atoms with van der Waals surface area (Å²) in [5.41, 5.74) is 1.98. The number of methoxy groups -OCH3 is 1. The monoisotopic (exact) mass is 264 g/mol. The normalized spacial score (nSPS) is 11.7. The molecule has 2 rings (SSSR count). The zero-order valence-corrected chi connectivity index (χ0v) is 12.0. The minimum Gasteiger partial charge on any atom is -0.467 e. The van der Waals surface area contributed by atoms with Gasteiger partial charge >= 0.3 is 5.97 Å². The molecule has 1 aromatic carbocycles. The van der Waals surface area contributed by atoms with Gasteiger partial charge in [0.15, 0.2) is 6.10 Å². The average Bonchev–Trinajstić information content (AvgIpc) is 2.75. The molecule has 1 aromatic heterocycles. The second-order valence-corrected chi connectivity index (χ2v) is 3.86. The molecule has 1 unspecified atom stereocenters. The smallest absolute Gasteiger partial charge is 0.339 e. The fourth-order valence-corrected chi connectivity index (χ4v) is 1.81. The van der Waals surface area contributed by atoms with Gasteiger partial charge < -0.3 is 14.4 Å². The Balaban J connectivity index is 0.000000861. The number of imidazole rings is 1. The molecule has 0 aliphatic heterocycles. The molecule has 0 saturated carbocycles. The Hall–Kier alpha value is -1.88. The number of carbonyl (C=O) groups excluding carboxylic acids is 1. The van der Waals surface area contributed by atoms with E-state index in [-0.39, 0.29) is 0 Å². The predicted octanol–water partition coefficient (Wildman–Crippen LogP) is 2.11. The number of hydrogen-bond acceptors (Lipinski definition) is 4. The highest BCUT2D eigenvalue weighted by atomic mass is 16.5. The Morgan fingerprint density at radius 1 is 1.42 bits per heavy atom. The molecule has 0 fully saturated rings. The van der Waals surface area contributed by atoms with Gasteiger partial charge in [-0.2, -0.15) is 0 Å². The fourth-order valence-electron chi connectivity index (χ4n) is 1.81. The molecule has 0 bridgehead atoms. The van der Waals surface area contributed by atoms with Crippen molar-refractivity contribution in [2.24, 2.45) is 7.05 Å². The number of esters is 1. The standard InChI is InChI=1S/C12H14N2O3.C2H6/c1-7-13-10-8(11(15)12(16)17-3)5-4-6-9(10)14(7)2;1-2/h4-6,11,15H,1-3H3;1-2H3. The van der Waals surface area contributed by atoms with Crippen LogP contribution in [-0.4, -0.2) is 27.7 Å². The third-order valence-electron chi connectivity index (χ3n) is 2.89. The average molecular weight is 264 g/mol. The van der Waals surface area contributed by atoms with E-state index in [0.29, 0.717) is 11.1 Å². The summed E-state index contributed by atoms with van der Waals surface area (Å²) in [4.78, 5) is 15.7. The first kappa shape index (κ1) is 15.2. The Bertz CT molecular complexity index is 575. The van der Waals surface area contributed by atoms with E-state index in [1.807, 2.05) is 38.5 Å². The van der Waals surface area contributed by atoms with Crippen LogP contribution in [0, 0.1) is 6.92 Å². The van der Waals surface area contributed by atoms with E-state index in [4.69, 9.17) is 0 Å². The van der Waals surface area contributed by atoms with Crippen LogP contribution in [0.5, 0.6) is 0 Å². The van der Waals surface area contributed by atoms with Crippen molar-refractivity contribution in [1.29, 1.82) is 0 Å². The number of nitrogens with zero attached hydrogens (tertiary/aromatic N) is 2. The lowest BCUT2D eigenvalue weighted by Gasteiger charge is -2.09. The highest BCUT2D eigenvalue weighted by molar-refractivity contribution is 5.86. The van der Waals surface area contributed by atoms with Crippen LogP contribution < -0.4 is 0 Å². The summed E-state index contributed by atoms with van der Waals surface area (Å²) in [6.45, 7) is 5.87. The van der Waals surface area contributed by atoms with Crippen LogP contribution in [0.25, 0.3) is 11.0 Å². The quantitative estimate of drug-likeness (QED) is 0.844. The number of fused-ring (bicyclic) bond motifs is 1. The van der Waals surface area contributed by atoms with Crippen molar-refractivity contribution in [2.45, 2.75) is 26.9 Å². The minimum atomic E-state index is -1.29. The summed E-state index contributed by atoms with van der Waals surface area (Å²) >= 11 is 0. The highest BCUT2D eigenvalue weighted by Crippen LogP contribution is 2.24. The molecule has 0 amide bonds. The number of rotatable bonds is 2. The number of benzene rings is 1. The van der Waals surface area contributed by atoms with E-state index in [1.165, 1.54) is 7.11 Å². The van der Waals surface area contributed by atoms with E-state index < -0.39 is 12.1 Å².